The van der Waals surface area contributed by atoms with Gasteiger partial charge in [0.1, 0.15) is 5.75 Å². The van der Waals surface area contributed by atoms with Crippen LogP contribution in [-0.4, -0.2) is 60.0 Å². The molecule has 2 heterocycles. The number of rotatable bonds is 5. The van der Waals surface area contributed by atoms with Gasteiger partial charge in [-0.2, -0.15) is 0 Å². The number of hydrogen-bond acceptors (Lipinski definition) is 6. The number of ether oxygens (including phenoxy) is 1. The first-order valence-corrected chi connectivity index (χ1v) is 9.20. The molecule has 0 radical (unpaired) electrons. The van der Waals surface area contributed by atoms with Crippen molar-refractivity contribution in [3.63, 3.8) is 0 Å². The van der Waals surface area contributed by atoms with Gasteiger partial charge < -0.3 is 15.4 Å². The Morgan fingerprint density at radius 1 is 1.37 bits per heavy atom. The molecule has 0 unspecified atom stereocenters. The topological polar surface area (TPSA) is 84.6 Å². The molecule has 1 amide bonds. The number of likely N-dealkylation sites (tertiary alicyclic amines) is 1. The fourth-order valence-electron chi connectivity index (χ4n) is 3.48. The van der Waals surface area contributed by atoms with Crippen LogP contribution in [0.5, 0.6) is 5.75 Å². The molecule has 1 atom stereocenters. The SMILES string of the molecule is COc1cccc(-c2cnc(N)nc2[C@@H]2CCCCN2CC(=O)N(C)C)c1. The summed E-state index contributed by atoms with van der Waals surface area (Å²) in [5.41, 5.74) is 8.71. The maximum absolute atomic E-state index is 12.3. The first-order chi connectivity index (χ1) is 13.0. The molecule has 0 aliphatic carbocycles. The molecule has 1 saturated heterocycles. The summed E-state index contributed by atoms with van der Waals surface area (Å²) in [7, 11) is 5.21. The second-order valence-corrected chi connectivity index (χ2v) is 7.03. The predicted octanol–water partition coefficient (Wildman–Crippen LogP) is 2.35. The third-order valence-corrected chi connectivity index (χ3v) is 4.98. The molecule has 7 nitrogen and oxygen atoms in total. The van der Waals surface area contributed by atoms with Crippen LogP contribution in [0.15, 0.2) is 30.5 Å². The molecule has 0 saturated carbocycles. The maximum Gasteiger partial charge on any atom is 0.236 e. The summed E-state index contributed by atoms with van der Waals surface area (Å²) >= 11 is 0. The van der Waals surface area contributed by atoms with Crippen LogP contribution in [0.25, 0.3) is 11.1 Å². The van der Waals surface area contributed by atoms with Crippen molar-refractivity contribution in [3.05, 3.63) is 36.2 Å². The number of nitrogen functional groups attached to an aromatic ring is 1. The Bertz CT molecular complexity index is 809. The van der Waals surface area contributed by atoms with Gasteiger partial charge in [0.05, 0.1) is 25.4 Å². The van der Waals surface area contributed by atoms with E-state index >= 15 is 0 Å². The second-order valence-electron chi connectivity index (χ2n) is 7.03. The predicted molar refractivity (Wildman–Crippen MR) is 105 cm³/mol. The van der Waals surface area contributed by atoms with Gasteiger partial charge in [-0.3, -0.25) is 9.69 Å². The van der Waals surface area contributed by atoms with Crippen molar-refractivity contribution in [2.45, 2.75) is 25.3 Å². The molecule has 0 bridgehead atoms. The lowest BCUT2D eigenvalue weighted by Gasteiger charge is -2.36. The molecule has 1 aromatic heterocycles. The van der Waals surface area contributed by atoms with Gasteiger partial charge in [0, 0.05) is 25.9 Å². The van der Waals surface area contributed by atoms with E-state index in [0.29, 0.717) is 6.54 Å². The second kappa shape index (κ2) is 8.35. The Morgan fingerprint density at radius 2 is 2.19 bits per heavy atom. The number of carbonyl (C=O) groups is 1. The molecule has 3 rings (SSSR count). The van der Waals surface area contributed by atoms with Gasteiger partial charge in [0.2, 0.25) is 11.9 Å². The summed E-state index contributed by atoms with van der Waals surface area (Å²) in [4.78, 5) is 24.9. The van der Waals surface area contributed by atoms with Gasteiger partial charge in [-0.1, -0.05) is 18.6 Å². The van der Waals surface area contributed by atoms with E-state index in [0.717, 1.165) is 48.4 Å². The highest BCUT2D eigenvalue weighted by Gasteiger charge is 2.29. The zero-order valence-corrected chi connectivity index (χ0v) is 16.2. The molecule has 2 N–H and O–H groups in total. The highest BCUT2D eigenvalue weighted by atomic mass is 16.5. The van der Waals surface area contributed by atoms with Crippen LogP contribution < -0.4 is 10.5 Å². The summed E-state index contributed by atoms with van der Waals surface area (Å²) in [6, 6.07) is 7.87. The van der Waals surface area contributed by atoms with Crippen molar-refractivity contribution in [1.82, 2.24) is 19.8 Å². The Labute approximate surface area is 160 Å². The molecule has 7 heteroatoms. The lowest BCUT2D eigenvalue weighted by Crippen LogP contribution is -2.41. The number of piperidine rings is 1. The fourth-order valence-corrected chi connectivity index (χ4v) is 3.48. The third-order valence-electron chi connectivity index (χ3n) is 4.98. The number of anilines is 1. The average molecular weight is 369 g/mol. The van der Waals surface area contributed by atoms with E-state index in [1.807, 2.05) is 24.3 Å². The van der Waals surface area contributed by atoms with Gasteiger partial charge in [-0.05, 0) is 37.1 Å². The van der Waals surface area contributed by atoms with Crippen LogP contribution in [0.3, 0.4) is 0 Å². The summed E-state index contributed by atoms with van der Waals surface area (Å²) in [6.45, 7) is 1.24. The highest BCUT2D eigenvalue weighted by molar-refractivity contribution is 5.77. The molecule has 1 fully saturated rings. The lowest BCUT2D eigenvalue weighted by molar-refractivity contribution is -0.130. The van der Waals surface area contributed by atoms with Crippen molar-refractivity contribution in [1.29, 1.82) is 0 Å². The molecule has 27 heavy (non-hydrogen) atoms. The Balaban J connectivity index is 2.00. The Kier molecular flexibility index (Phi) is 5.91. The minimum Gasteiger partial charge on any atom is -0.497 e. The van der Waals surface area contributed by atoms with Crippen LogP contribution in [0, 0.1) is 0 Å². The smallest absolute Gasteiger partial charge is 0.236 e. The molecule has 2 aromatic rings. The monoisotopic (exact) mass is 369 g/mol. The van der Waals surface area contributed by atoms with E-state index in [-0.39, 0.29) is 17.9 Å². The third kappa shape index (κ3) is 4.36. The van der Waals surface area contributed by atoms with Crippen LogP contribution >= 0.6 is 0 Å². The first kappa shape index (κ1) is 19.1. The largest absolute Gasteiger partial charge is 0.497 e. The van der Waals surface area contributed by atoms with E-state index in [2.05, 4.69) is 14.9 Å². The van der Waals surface area contributed by atoms with Crippen molar-refractivity contribution in [2.24, 2.45) is 0 Å². The number of carbonyl (C=O) groups excluding carboxylic acids is 1. The van der Waals surface area contributed by atoms with E-state index in [4.69, 9.17) is 10.5 Å². The summed E-state index contributed by atoms with van der Waals surface area (Å²) in [5, 5.41) is 0. The average Bonchev–Trinajstić information content (AvgIpc) is 2.68. The molecule has 1 aliphatic rings. The van der Waals surface area contributed by atoms with E-state index in [1.54, 1.807) is 32.3 Å². The zero-order chi connectivity index (χ0) is 19.4. The van der Waals surface area contributed by atoms with Crippen molar-refractivity contribution in [3.8, 4) is 16.9 Å². The molecule has 0 spiro atoms. The number of amides is 1. The summed E-state index contributed by atoms with van der Waals surface area (Å²) < 4.78 is 5.36. The quantitative estimate of drug-likeness (QED) is 0.871. The number of nitrogens with zero attached hydrogens (tertiary/aromatic N) is 4. The molecular weight excluding hydrogens is 342 g/mol. The fraction of sp³-hybridized carbons (Fsp3) is 0.450. The van der Waals surface area contributed by atoms with Crippen LogP contribution in [-0.2, 0) is 4.79 Å². The van der Waals surface area contributed by atoms with Gasteiger partial charge in [-0.25, -0.2) is 9.97 Å². The lowest BCUT2D eigenvalue weighted by atomic mass is 9.93. The number of nitrogens with two attached hydrogens (primary N) is 1. The number of methoxy groups -OCH3 is 1. The molecule has 1 aromatic carbocycles. The van der Waals surface area contributed by atoms with Crippen LogP contribution in [0.1, 0.15) is 31.0 Å². The molecular formula is C20H27N5O2. The van der Waals surface area contributed by atoms with Gasteiger partial charge in [0.25, 0.3) is 0 Å². The van der Waals surface area contributed by atoms with Crippen LogP contribution in [0.2, 0.25) is 0 Å². The van der Waals surface area contributed by atoms with Crippen LogP contribution in [0.4, 0.5) is 5.95 Å². The van der Waals surface area contributed by atoms with E-state index < -0.39 is 0 Å². The van der Waals surface area contributed by atoms with Gasteiger partial charge in [-0.15, -0.1) is 0 Å². The van der Waals surface area contributed by atoms with Crippen molar-refractivity contribution < 1.29 is 9.53 Å². The zero-order valence-electron chi connectivity index (χ0n) is 16.2. The first-order valence-electron chi connectivity index (χ1n) is 9.20. The van der Waals surface area contributed by atoms with Crippen molar-refractivity contribution >= 4 is 11.9 Å². The molecule has 1 aliphatic heterocycles. The highest BCUT2D eigenvalue weighted by Crippen LogP contribution is 2.36. The number of likely N-dealkylation sites (N-methyl/N-ethyl adjacent to an activating group) is 1. The standard InChI is InChI=1S/C20H27N5O2/c1-24(2)18(26)13-25-10-5-4-9-17(25)19-16(12-22-20(21)23-19)14-7-6-8-15(11-14)27-3/h6-8,11-12,17H,4-5,9-10,13H2,1-3H3,(H2,21,22,23)/t17-/m0/s1. The van der Waals surface area contributed by atoms with Gasteiger partial charge in [0.15, 0.2) is 0 Å². The Hall–Kier alpha value is -2.67. The number of aromatic nitrogens is 2. The summed E-state index contributed by atoms with van der Waals surface area (Å²) in [6.07, 6.45) is 4.88. The summed E-state index contributed by atoms with van der Waals surface area (Å²) in [5.74, 6) is 1.12. The van der Waals surface area contributed by atoms with Crippen molar-refractivity contribution in [2.75, 3.05) is 40.0 Å². The maximum atomic E-state index is 12.3. The number of hydrogen-bond donors (Lipinski definition) is 1. The normalized spacial score (nSPS) is 17.5. The Morgan fingerprint density at radius 3 is 2.93 bits per heavy atom. The minimum absolute atomic E-state index is 0.0363. The minimum atomic E-state index is 0.0363. The van der Waals surface area contributed by atoms with E-state index in [9.17, 15) is 4.79 Å². The number of benzene rings is 1. The van der Waals surface area contributed by atoms with E-state index in [1.165, 1.54) is 0 Å². The van der Waals surface area contributed by atoms with Gasteiger partial charge >= 0.3 is 0 Å². The molecule has 144 valence electrons.